The molecule has 5 heteroatoms. The molecule has 1 aliphatic rings. The van der Waals surface area contributed by atoms with Crippen LogP contribution in [-0.4, -0.2) is 49.8 Å². The number of amides is 1. The lowest BCUT2D eigenvalue weighted by Gasteiger charge is -2.21. The lowest BCUT2D eigenvalue weighted by Crippen LogP contribution is -2.39. The zero-order chi connectivity index (χ0) is 15.2. The van der Waals surface area contributed by atoms with Crippen LogP contribution in [0, 0.1) is 6.92 Å². The Morgan fingerprint density at radius 1 is 1.43 bits per heavy atom. The Labute approximate surface area is 126 Å². The molecule has 0 radical (unpaired) electrons. The maximum Gasteiger partial charge on any atom is 0.251 e. The Bertz CT molecular complexity index is 478. The van der Waals surface area contributed by atoms with E-state index in [1.165, 1.54) is 0 Å². The summed E-state index contributed by atoms with van der Waals surface area (Å²) < 4.78 is 11.3. The number of nitrogens with two attached hydrogens (primary N) is 1. The molecule has 2 atom stereocenters. The monoisotopic (exact) mass is 292 g/mol. The third-order valence-electron chi connectivity index (χ3n) is 3.80. The minimum atomic E-state index is -0.345. The van der Waals surface area contributed by atoms with Gasteiger partial charge in [-0.05, 0) is 31.4 Å². The van der Waals surface area contributed by atoms with E-state index in [-0.39, 0.29) is 18.1 Å². The van der Waals surface area contributed by atoms with E-state index >= 15 is 0 Å². The number of hydrogen-bond acceptors (Lipinski definition) is 4. The van der Waals surface area contributed by atoms with Crippen molar-refractivity contribution in [3.8, 4) is 5.75 Å². The van der Waals surface area contributed by atoms with Crippen LogP contribution in [0.5, 0.6) is 5.75 Å². The molecule has 0 aromatic heterocycles. The van der Waals surface area contributed by atoms with Crippen LogP contribution >= 0.6 is 0 Å². The van der Waals surface area contributed by atoms with E-state index in [4.69, 9.17) is 15.2 Å². The largest absolute Gasteiger partial charge is 0.491 e. The van der Waals surface area contributed by atoms with Crippen LogP contribution in [0.25, 0.3) is 0 Å². The van der Waals surface area contributed by atoms with Crippen molar-refractivity contribution in [2.24, 2.45) is 5.73 Å². The molecule has 1 aromatic rings. The summed E-state index contributed by atoms with van der Waals surface area (Å²) in [6.07, 6.45) is 1.29. The number of carbonyl (C=O) groups is 1. The van der Waals surface area contributed by atoms with Crippen LogP contribution in [0.4, 0.5) is 0 Å². The Morgan fingerprint density at radius 3 is 2.86 bits per heavy atom. The molecule has 1 heterocycles. The molecule has 1 amide bonds. The molecular formula is C16H24N2O3. The minimum absolute atomic E-state index is 0.0133. The first-order chi connectivity index (χ1) is 10.1. The molecule has 1 aliphatic heterocycles. The Kier molecular flexibility index (Phi) is 5.59. The molecule has 2 N–H and O–H groups in total. The normalized spacial score (nSPS) is 21.3. The fourth-order valence-corrected chi connectivity index (χ4v) is 2.43. The molecule has 21 heavy (non-hydrogen) atoms. The van der Waals surface area contributed by atoms with Crippen molar-refractivity contribution in [3.05, 3.63) is 29.8 Å². The molecule has 116 valence electrons. The topological polar surface area (TPSA) is 64.8 Å². The maximum atomic E-state index is 12.2. The number of nitrogens with zero attached hydrogens (tertiary/aromatic N) is 1. The molecule has 0 spiro atoms. The molecule has 0 saturated carbocycles. The summed E-state index contributed by atoms with van der Waals surface area (Å²) in [5.74, 6) is 0.873. The van der Waals surface area contributed by atoms with Crippen molar-refractivity contribution in [1.29, 1.82) is 0 Å². The van der Waals surface area contributed by atoms with E-state index < -0.39 is 0 Å². The standard InChI is InChI=1S/C16H24N2O3/c1-12-5-3-4-6-14(12)20-10-9-18(2)16(19)15-8-7-13(11-17)21-15/h3-6,13,15H,7-11,17H2,1-2H3. The van der Waals surface area contributed by atoms with E-state index in [9.17, 15) is 4.79 Å². The molecule has 0 bridgehead atoms. The number of para-hydroxylation sites is 1. The van der Waals surface area contributed by atoms with Gasteiger partial charge in [-0.2, -0.15) is 0 Å². The number of rotatable bonds is 6. The quantitative estimate of drug-likeness (QED) is 0.859. The number of carbonyl (C=O) groups excluding carboxylic acids is 1. The number of aryl methyl sites for hydroxylation is 1. The van der Waals surface area contributed by atoms with E-state index in [2.05, 4.69) is 0 Å². The second kappa shape index (κ2) is 7.43. The highest BCUT2D eigenvalue weighted by Crippen LogP contribution is 2.20. The van der Waals surface area contributed by atoms with Crippen molar-refractivity contribution in [2.75, 3.05) is 26.7 Å². The average Bonchev–Trinajstić information content (AvgIpc) is 2.97. The Balaban J connectivity index is 1.75. The number of likely N-dealkylation sites (N-methyl/N-ethyl adjacent to an activating group) is 1. The smallest absolute Gasteiger partial charge is 0.251 e. The summed E-state index contributed by atoms with van der Waals surface area (Å²) in [7, 11) is 1.78. The Morgan fingerprint density at radius 2 is 2.19 bits per heavy atom. The first kappa shape index (κ1) is 15.8. The zero-order valence-corrected chi connectivity index (χ0v) is 12.7. The molecule has 2 rings (SSSR count). The molecule has 1 fully saturated rings. The lowest BCUT2D eigenvalue weighted by molar-refractivity contribution is -0.141. The third kappa shape index (κ3) is 4.19. The van der Waals surface area contributed by atoms with E-state index in [1.54, 1.807) is 11.9 Å². The van der Waals surface area contributed by atoms with Crippen molar-refractivity contribution in [3.63, 3.8) is 0 Å². The van der Waals surface area contributed by atoms with Gasteiger partial charge < -0.3 is 20.1 Å². The molecule has 1 saturated heterocycles. The molecule has 1 aromatic carbocycles. The summed E-state index contributed by atoms with van der Waals surface area (Å²) in [5.41, 5.74) is 6.66. The van der Waals surface area contributed by atoms with Gasteiger partial charge in [-0.1, -0.05) is 18.2 Å². The molecular weight excluding hydrogens is 268 g/mol. The second-order valence-electron chi connectivity index (χ2n) is 5.43. The zero-order valence-electron chi connectivity index (χ0n) is 12.7. The summed E-state index contributed by atoms with van der Waals surface area (Å²) in [4.78, 5) is 13.9. The third-order valence-corrected chi connectivity index (χ3v) is 3.80. The van der Waals surface area contributed by atoms with Gasteiger partial charge in [-0.25, -0.2) is 0 Å². The SMILES string of the molecule is Cc1ccccc1OCCN(C)C(=O)C1CCC(CN)O1. The van der Waals surface area contributed by atoms with Crippen molar-refractivity contribution >= 4 is 5.91 Å². The van der Waals surface area contributed by atoms with Crippen LogP contribution in [-0.2, 0) is 9.53 Å². The molecule has 0 aliphatic carbocycles. The van der Waals surface area contributed by atoms with Crippen molar-refractivity contribution < 1.29 is 14.3 Å². The minimum Gasteiger partial charge on any atom is -0.491 e. The van der Waals surface area contributed by atoms with Gasteiger partial charge in [0.1, 0.15) is 18.5 Å². The van der Waals surface area contributed by atoms with Gasteiger partial charge in [0.2, 0.25) is 0 Å². The van der Waals surface area contributed by atoms with E-state index in [0.717, 1.165) is 24.2 Å². The number of ether oxygens (including phenoxy) is 2. The highest BCUT2D eigenvalue weighted by molar-refractivity contribution is 5.80. The van der Waals surface area contributed by atoms with Gasteiger partial charge >= 0.3 is 0 Å². The van der Waals surface area contributed by atoms with Gasteiger partial charge in [-0.15, -0.1) is 0 Å². The van der Waals surface area contributed by atoms with Gasteiger partial charge in [0.05, 0.1) is 12.6 Å². The molecule has 2 unspecified atom stereocenters. The predicted molar refractivity (Wildman–Crippen MR) is 81.3 cm³/mol. The average molecular weight is 292 g/mol. The van der Waals surface area contributed by atoms with Crippen molar-refractivity contribution in [2.45, 2.75) is 32.0 Å². The fraction of sp³-hybridized carbons (Fsp3) is 0.562. The van der Waals surface area contributed by atoms with E-state index in [1.807, 2.05) is 31.2 Å². The van der Waals surface area contributed by atoms with Crippen molar-refractivity contribution in [1.82, 2.24) is 4.90 Å². The van der Waals surface area contributed by atoms with Gasteiger partial charge in [0.15, 0.2) is 0 Å². The fourth-order valence-electron chi connectivity index (χ4n) is 2.43. The van der Waals surface area contributed by atoms with Gasteiger partial charge in [-0.3, -0.25) is 4.79 Å². The van der Waals surface area contributed by atoms with Crippen LogP contribution in [0.3, 0.4) is 0 Å². The first-order valence-corrected chi connectivity index (χ1v) is 7.40. The maximum absolute atomic E-state index is 12.2. The highest BCUT2D eigenvalue weighted by Gasteiger charge is 2.31. The first-order valence-electron chi connectivity index (χ1n) is 7.40. The highest BCUT2D eigenvalue weighted by atomic mass is 16.5. The lowest BCUT2D eigenvalue weighted by atomic mass is 10.2. The summed E-state index contributed by atoms with van der Waals surface area (Å²) >= 11 is 0. The van der Waals surface area contributed by atoms with Crippen LogP contribution in [0.2, 0.25) is 0 Å². The number of hydrogen-bond donors (Lipinski definition) is 1. The van der Waals surface area contributed by atoms with Gasteiger partial charge in [0.25, 0.3) is 5.91 Å². The van der Waals surface area contributed by atoms with Crippen LogP contribution in [0.1, 0.15) is 18.4 Å². The predicted octanol–water partition coefficient (Wildman–Crippen LogP) is 1.34. The number of benzene rings is 1. The van der Waals surface area contributed by atoms with Crippen LogP contribution in [0.15, 0.2) is 24.3 Å². The summed E-state index contributed by atoms with van der Waals surface area (Å²) in [6, 6.07) is 7.85. The van der Waals surface area contributed by atoms with Gasteiger partial charge in [0, 0.05) is 13.6 Å². The Hall–Kier alpha value is -1.59. The van der Waals surface area contributed by atoms with Crippen LogP contribution < -0.4 is 10.5 Å². The summed E-state index contributed by atoms with van der Waals surface area (Å²) in [5, 5.41) is 0. The molecule has 5 nitrogen and oxygen atoms in total. The second-order valence-corrected chi connectivity index (χ2v) is 5.43. The summed E-state index contributed by atoms with van der Waals surface area (Å²) in [6.45, 7) is 3.49. The van der Waals surface area contributed by atoms with E-state index in [0.29, 0.717) is 19.7 Å².